The number of nitrogens with one attached hydrogen (secondary N) is 1. The SMILES string of the molecule is COc1cc(OC)cc(N2C(=O)C(Nc3cccc(F)c3)=C(c3cccs3)C2=O)c1. The summed E-state index contributed by atoms with van der Waals surface area (Å²) in [6.07, 6.45) is 0. The number of rotatable bonds is 6. The molecule has 1 aromatic heterocycles. The number of methoxy groups -OCH3 is 2. The molecule has 8 heteroatoms. The normalized spacial score (nSPS) is 13.8. The maximum absolute atomic E-state index is 13.6. The number of amides is 2. The lowest BCUT2D eigenvalue weighted by atomic mass is 10.2. The van der Waals surface area contributed by atoms with Gasteiger partial charge in [-0.25, -0.2) is 9.29 Å². The maximum atomic E-state index is 13.6. The zero-order valence-electron chi connectivity index (χ0n) is 16.1. The van der Waals surface area contributed by atoms with E-state index in [1.165, 1.54) is 43.8 Å². The predicted octanol–water partition coefficient (Wildman–Crippen LogP) is 4.30. The summed E-state index contributed by atoms with van der Waals surface area (Å²) in [4.78, 5) is 28.4. The van der Waals surface area contributed by atoms with Crippen LogP contribution in [0.5, 0.6) is 11.5 Å². The first-order valence-electron chi connectivity index (χ1n) is 8.94. The van der Waals surface area contributed by atoms with Gasteiger partial charge in [0.2, 0.25) is 0 Å². The molecule has 30 heavy (non-hydrogen) atoms. The zero-order chi connectivity index (χ0) is 21.3. The second-order valence-electron chi connectivity index (χ2n) is 6.38. The number of carbonyl (C=O) groups is 2. The highest BCUT2D eigenvalue weighted by Crippen LogP contribution is 2.38. The largest absolute Gasteiger partial charge is 0.497 e. The van der Waals surface area contributed by atoms with Crippen LogP contribution in [0.1, 0.15) is 4.88 Å². The molecule has 0 atom stereocenters. The topological polar surface area (TPSA) is 67.9 Å². The second kappa shape index (κ2) is 8.00. The molecule has 1 aliphatic heterocycles. The van der Waals surface area contributed by atoms with E-state index < -0.39 is 17.6 Å². The fourth-order valence-electron chi connectivity index (χ4n) is 3.16. The Morgan fingerprint density at radius 1 is 0.933 bits per heavy atom. The molecule has 0 saturated heterocycles. The molecule has 1 aliphatic rings. The van der Waals surface area contributed by atoms with Crippen LogP contribution in [-0.2, 0) is 9.59 Å². The Bertz CT molecular complexity index is 1140. The molecule has 1 N–H and O–H groups in total. The molecule has 3 aromatic rings. The van der Waals surface area contributed by atoms with Crippen molar-refractivity contribution in [2.45, 2.75) is 0 Å². The first kappa shape index (κ1) is 19.7. The van der Waals surface area contributed by atoms with E-state index in [9.17, 15) is 14.0 Å². The molecular formula is C22H17FN2O4S. The Labute approximate surface area is 176 Å². The van der Waals surface area contributed by atoms with Gasteiger partial charge in [-0.05, 0) is 29.6 Å². The van der Waals surface area contributed by atoms with Crippen LogP contribution < -0.4 is 19.7 Å². The summed E-state index contributed by atoms with van der Waals surface area (Å²) in [7, 11) is 2.97. The average Bonchev–Trinajstić information content (AvgIpc) is 3.34. The van der Waals surface area contributed by atoms with Crippen molar-refractivity contribution in [3.8, 4) is 11.5 Å². The van der Waals surface area contributed by atoms with Gasteiger partial charge in [0.15, 0.2) is 0 Å². The summed E-state index contributed by atoms with van der Waals surface area (Å²) in [6, 6.07) is 14.1. The Balaban J connectivity index is 1.81. The Kier molecular flexibility index (Phi) is 5.24. The van der Waals surface area contributed by atoms with E-state index in [2.05, 4.69) is 5.32 Å². The minimum atomic E-state index is -0.553. The number of halogens is 1. The standard InChI is InChI=1S/C22H17FN2O4S/c1-28-16-10-15(11-17(12-16)29-2)25-21(26)19(18-7-4-8-30-18)20(22(25)27)24-14-6-3-5-13(23)9-14/h3-12,24H,1-2H3. The molecule has 0 aliphatic carbocycles. The molecule has 0 radical (unpaired) electrons. The van der Waals surface area contributed by atoms with Crippen LogP contribution in [0.2, 0.25) is 0 Å². The van der Waals surface area contributed by atoms with Crippen molar-refractivity contribution in [3.05, 3.63) is 76.4 Å². The van der Waals surface area contributed by atoms with Gasteiger partial charge < -0.3 is 14.8 Å². The Hall–Kier alpha value is -3.65. The van der Waals surface area contributed by atoms with Gasteiger partial charge in [0, 0.05) is 28.8 Å². The van der Waals surface area contributed by atoms with E-state index in [-0.39, 0.29) is 11.3 Å². The summed E-state index contributed by atoms with van der Waals surface area (Å²) in [5.41, 5.74) is 0.979. The quantitative estimate of drug-likeness (QED) is 0.598. The predicted molar refractivity (Wildman–Crippen MR) is 113 cm³/mol. The Morgan fingerprint density at radius 3 is 2.27 bits per heavy atom. The van der Waals surface area contributed by atoms with Crippen LogP contribution in [0.4, 0.5) is 15.8 Å². The molecule has 2 amide bonds. The molecular weight excluding hydrogens is 407 g/mol. The van der Waals surface area contributed by atoms with Gasteiger partial charge in [-0.2, -0.15) is 0 Å². The highest BCUT2D eigenvalue weighted by atomic mass is 32.1. The number of nitrogens with zero attached hydrogens (tertiary/aromatic N) is 1. The van der Waals surface area contributed by atoms with Gasteiger partial charge in [-0.15, -0.1) is 11.3 Å². The van der Waals surface area contributed by atoms with Crippen LogP contribution in [0.3, 0.4) is 0 Å². The molecule has 152 valence electrons. The highest BCUT2D eigenvalue weighted by molar-refractivity contribution is 7.11. The van der Waals surface area contributed by atoms with E-state index in [1.807, 2.05) is 5.38 Å². The molecule has 0 unspecified atom stereocenters. The molecule has 6 nitrogen and oxygen atoms in total. The number of benzene rings is 2. The van der Waals surface area contributed by atoms with Crippen LogP contribution >= 0.6 is 11.3 Å². The smallest absolute Gasteiger partial charge is 0.282 e. The molecule has 0 fully saturated rings. The van der Waals surface area contributed by atoms with E-state index in [0.29, 0.717) is 27.8 Å². The van der Waals surface area contributed by atoms with E-state index in [1.54, 1.807) is 36.4 Å². The number of imide groups is 1. The fourth-order valence-corrected chi connectivity index (χ4v) is 3.93. The van der Waals surface area contributed by atoms with Crippen molar-refractivity contribution in [2.24, 2.45) is 0 Å². The third-order valence-electron chi connectivity index (χ3n) is 4.54. The molecule has 0 spiro atoms. The number of hydrogen-bond donors (Lipinski definition) is 1. The third kappa shape index (κ3) is 3.53. The van der Waals surface area contributed by atoms with E-state index in [4.69, 9.17) is 9.47 Å². The first-order chi connectivity index (χ1) is 14.5. The first-order valence-corrected chi connectivity index (χ1v) is 9.82. The lowest BCUT2D eigenvalue weighted by molar-refractivity contribution is -0.120. The van der Waals surface area contributed by atoms with Gasteiger partial charge in [0.25, 0.3) is 11.8 Å². The van der Waals surface area contributed by atoms with Crippen LogP contribution in [0, 0.1) is 5.82 Å². The minimum absolute atomic E-state index is 0.0786. The molecule has 2 heterocycles. The molecule has 2 aromatic carbocycles. The van der Waals surface area contributed by atoms with Gasteiger partial charge in [0.1, 0.15) is 23.0 Å². The number of thiophene rings is 1. The number of hydrogen-bond acceptors (Lipinski definition) is 6. The molecule has 0 saturated carbocycles. The Morgan fingerprint density at radius 2 is 1.67 bits per heavy atom. The average molecular weight is 424 g/mol. The summed E-state index contributed by atoms with van der Waals surface area (Å²) in [6.45, 7) is 0. The van der Waals surface area contributed by atoms with Crippen molar-refractivity contribution in [1.82, 2.24) is 0 Å². The van der Waals surface area contributed by atoms with Crippen molar-refractivity contribution in [3.63, 3.8) is 0 Å². The fraction of sp³-hybridized carbons (Fsp3) is 0.0909. The third-order valence-corrected chi connectivity index (χ3v) is 5.43. The second-order valence-corrected chi connectivity index (χ2v) is 7.33. The maximum Gasteiger partial charge on any atom is 0.282 e. The van der Waals surface area contributed by atoms with Gasteiger partial charge in [0.05, 0.1) is 25.5 Å². The lowest BCUT2D eigenvalue weighted by Gasteiger charge is -2.17. The van der Waals surface area contributed by atoms with Crippen LogP contribution in [0.15, 0.2) is 65.7 Å². The monoisotopic (exact) mass is 424 g/mol. The summed E-state index contributed by atoms with van der Waals surface area (Å²) < 4.78 is 24.2. The van der Waals surface area contributed by atoms with E-state index in [0.717, 1.165) is 4.90 Å². The summed E-state index contributed by atoms with van der Waals surface area (Å²) >= 11 is 1.33. The van der Waals surface area contributed by atoms with Gasteiger partial charge in [-0.3, -0.25) is 9.59 Å². The molecule has 4 rings (SSSR count). The summed E-state index contributed by atoms with van der Waals surface area (Å²) in [5.74, 6) is -0.618. The van der Waals surface area contributed by atoms with Gasteiger partial charge in [-0.1, -0.05) is 12.1 Å². The number of anilines is 2. The minimum Gasteiger partial charge on any atom is -0.497 e. The zero-order valence-corrected chi connectivity index (χ0v) is 17.0. The van der Waals surface area contributed by atoms with Crippen molar-refractivity contribution < 1.29 is 23.5 Å². The van der Waals surface area contributed by atoms with E-state index >= 15 is 0 Å². The van der Waals surface area contributed by atoms with Crippen molar-refractivity contribution >= 4 is 40.1 Å². The van der Waals surface area contributed by atoms with Crippen LogP contribution in [-0.4, -0.2) is 26.0 Å². The summed E-state index contributed by atoms with van der Waals surface area (Å²) in [5, 5.41) is 4.75. The van der Waals surface area contributed by atoms with Crippen LogP contribution in [0.25, 0.3) is 5.57 Å². The van der Waals surface area contributed by atoms with Crippen molar-refractivity contribution in [1.29, 1.82) is 0 Å². The lowest BCUT2D eigenvalue weighted by Crippen LogP contribution is -2.32. The number of carbonyl (C=O) groups excluding carboxylic acids is 2. The number of ether oxygens (including phenoxy) is 2. The van der Waals surface area contributed by atoms with Gasteiger partial charge >= 0.3 is 0 Å². The van der Waals surface area contributed by atoms with Crippen molar-refractivity contribution in [2.75, 3.05) is 24.4 Å². The molecule has 0 bridgehead atoms. The highest BCUT2D eigenvalue weighted by Gasteiger charge is 2.41.